The van der Waals surface area contributed by atoms with Crippen molar-refractivity contribution in [2.24, 2.45) is 5.92 Å². The van der Waals surface area contributed by atoms with Crippen LogP contribution in [0.2, 0.25) is 0 Å². The second kappa shape index (κ2) is 9.94. The fourth-order valence-electron chi connectivity index (χ4n) is 4.17. The summed E-state index contributed by atoms with van der Waals surface area (Å²) in [4.78, 5) is 29.1. The molecule has 34 heavy (non-hydrogen) atoms. The van der Waals surface area contributed by atoms with Crippen molar-refractivity contribution in [1.29, 1.82) is 0 Å². The predicted molar refractivity (Wildman–Crippen MR) is 125 cm³/mol. The minimum atomic E-state index is -3.93. The first kappa shape index (κ1) is 23.9. The number of methoxy groups -OCH3 is 1. The van der Waals surface area contributed by atoms with Crippen molar-refractivity contribution in [1.82, 2.24) is 14.1 Å². The van der Waals surface area contributed by atoms with E-state index in [1.54, 1.807) is 24.4 Å². The van der Waals surface area contributed by atoms with Crippen molar-refractivity contribution in [3.63, 3.8) is 0 Å². The number of rotatable bonds is 7. The number of hydrogen-bond acceptors (Lipinski definition) is 7. The van der Waals surface area contributed by atoms with Crippen molar-refractivity contribution in [3.05, 3.63) is 70.3 Å². The Bertz CT molecular complexity index is 1370. The molecule has 4 rings (SSSR count). The molecule has 2 heterocycles. The molecule has 1 fully saturated rings. The van der Waals surface area contributed by atoms with Crippen LogP contribution in [0, 0.1) is 5.92 Å². The first-order chi connectivity index (χ1) is 16.3. The zero-order chi connectivity index (χ0) is 24.3. The third kappa shape index (κ3) is 5.13. The average Bonchev–Trinajstić information content (AvgIpc) is 2.83. The van der Waals surface area contributed by atoms with Crippen LogP contribution in [0.25, 0.3) is 5.65 Å². The van der Waals surface area contributed by atoms with E-state index in [-0.39, 0.29) is 40.3 Å². The van der Waals surface area contributed by atoms with Crippen LogP contribution in [-0.4, -0.2) is 36.9 Å². The van der Waals surface area contributed by atoms with Gasteiger partial charge in [-0.2, -0.15) is 0 Å². The molecule has 180 valence electrons. The summed E-state index contributed by atoms with van der Waals surface area (Å²) in [5, 5.41) is 0. The molecule has 1 N–H and O–H groups in total. The third-order valence-electron chi connectivity index (χ3n) is 6.08. The monoisotopic (exact) mass is 485 g/mol. The summed E-state index contributed by atoms with van der Waals surface area (Å²) < 4.78 is 41.0. The van der Waals surface area contributed by atoms with E-state index >= 15 is 0 Å². The van der Waals surface area contributed by atoms with Gasteiger partial charge in [-0.3, -0.25) is 9.20 Å². The van der Waals surface area contributed by atoms with E-state index in [2.05, 4.69) is 9.71 Å². The van der Waals surface area contributed by atoms with Gasteiger partial charge < -0.3 is 9.47 Å². The number of pyridine rings is 1. The fraction of sp³-hybridized carbons (Fsp3) is 0.375. The lowest BCUT2D eigenvalue weighted by Gasteiger charge is -2.29. The highest BCUT2D eigenvalue weighted by Gasteiger charge is 2.29. The van der Waals surface area contributed by atoms with Crippen LogP contribution in [0.5, 0.6) is 5.75 Å². The molecule has 2 aromatic heterocycles. The number of nitrogens with zero attached hydrogens (tertiary/aromatic N) is 2. The molecule has 1 saturated carbocycles. The number of benzene rings is 1. The second-order valence-corrected chi connectivity index (χ2v) is 10.1. The molecule has 0 spiro atoms. The van der Waals surface area contributed by atoms with Gasteiger partial charge in [-0.25, -0.2) is 22.9 Å². The Morgan fingerprint density at radius 2 is 1.97 bits per heavy atom. The molecule has 10 heteroatoms. The molecule has 0 bridgehead atoms. The first-order valence-electron chi connectivity index (χ1n) is 11.1. The number of carbonyl (C=O) groups is 1. The highest BCUT2D eigenvalue weighted by atomic mass is 32.2. The molecular formula is C24H27N3O6S. The summed E-state index contributed by atoms with van der Waals surface area (Å²) in [6.07, 6.45) is 5.38. The van der Waals surface area contributed by atoms with Gasteiger partial charge in [-0.05, 0) is 49.1 Å². The molecule has 1 aliphatic carbocycles. The summed E-state index contributed by atoms with van der Waals surface area (Å²) in [7, 11) is -2.55. The minimum absolute atomic E-state index is 0.0513. The van der Waals surface area contributed by atoms with Gasteiger partial charge in [0.25, 0.3) is 5.56 Å². The lowest BCUT2D eigenvalue weighted by Crippen LogP contribution is -2.41. The van der Waals surface area contributed by atoms with E-state index in [4.69, 9.17) is 9.47 Å². The normalized spacial score (nSPS) is 18.5. The minimum Gasteiger partial charge on any atom is -0.495 e. The largest absolute Gasteiger partial charge is 0.495 e. The van der Waals surface area contributed by atoms with E-state index in [0.717, 1.165) is 25.7 Å². The van der Waals surface area contributed by atoms with Crippen molar-refractivity contribution in [2.75, 3.05) is 7.11 Å². The highest BCUT2D eigenvalue weighted by molar-refractivity contribution is 7.89. The van der Waals surface area contributed by atoms with Gasteiger partial charge in [-0.15, -0.1) is 0 Å². The smallest absolute Gasteiger partial charge is 0.338 e. The van der Waals surface area contributed by atoms with Crippen molar-refractivity contribution >= 4 is 21.6 Å². The van der Waals surface area contributed by atoms with Crippen LogP contribution in [0.15, 0.2) is 58.4 Å². The fourth-order valence-corrected chi connectivity index (χ4v) is 5.74. The van der Waals surface area contributed by atoms with Crippen molar-refractivity contribution < 1.29 is 22.7 Å². The zero-order valence-electron chi connectivity index (χ0n) is 19.1. The number of carbonyl (C=O) groups excluding carboxylic acids is 1. The summed E-state index contributed by atoms with van der Waals surface area (Å²) in [5.41, 5.74) is 0.480. The standard InChI is InChI=1S/C24H27N3O6S/c1-16-7-3-4-8-19(16)26-34(30,31)21-13-17(10-11-20(21)32-2)24(29)33-15-18-14-23(28)27-12-6-5-9-22(27)25-18/h5-6,9-14,16,19,26H,3-4,7-8,15H2,1-2H3. The molecule has 2 unspecified atom stereocenters. The summed E-state index contributed by atoms with van der Waals surface area (Å²) in [6, 6.07) is 10.4. The quantitative estimate of drug-likeness (QED) is 0.512. The summed E-state index contributed by atoms with van der Waals surface area (Å²) in [5.74, 6) is -0.377. The van der Waals surface area contributed by atoms with Crippen LogP contribution >= 0.6 is 0 Å². The Balaban J connectivity index is 1.53. The van der Waals surface area contributed by atoms with Gasteiger partial charge in [0.05, 0.1) is 18.4 Å². The van der Waals surface area contributed by atoms with E-state index in [0.29, 0.717) is 11.3 Å². The lowest BCUT2D eigenvalue weighted by molar-refractivity contribution is 0.0467. The van der Waals surface area contributed by atoms with E-state index in [1.807, 2.05) is 6.92 Å². The van der Waals surface area contributed by atoms with E-state index in [9.17, 15) is 18.0 Å². The molecular weight excluding hydrogens is 458 g/mol. The van der Waals surface area contributed by atoms with E-state index < -0.39 is 16.0 Å². The zero-order valence-corrected chi connectivity index (χ0v) is 19.9. The number of sulfonamides is 1. The van der Waals surface area contributed by atoms with Crippen LogP contribution < -0.4 is 15.0 Å². The average molecular weight is 486 g/mol. The molecule has 0 saturated heterocycles. The van der Waals surface area contributed by atoms with Crippen molar-refractivity contribution in [3.8, 4) is 5.75 Å². The van der Waals surface area contributed by atoms with Crippen LogP contribution in [0.3, 0.4) is 0 Å². The van der Waals surface area contributed by atoms with Gasteiger partial charge in [0.15, 0.2) is 0 Å². The molecule has 0 aliphatic heterocycles. The molecule has 9 nitrogen and oxygen atoms in total. The summed E-state index contributed by atoms with van der Waals surface area (Å²) in [6.45, 7) is 1.80. The molecule has 1 aliphatic rings. The Morgan fingerprint density at radius 3 is 2.74 bits per heavy atom. The lowest BCUT2D eigenvalue weighted by atomic mass is 9.87. The van der Waals surface area contributed by atoms with Gasteiger partial charge in [0.2, 0.25) is 10.0 Å². The highest BCUT2D eigenvalue weighted by Crippen LogP contribution is 2.29. The first-order valence-corrected chi connectivity index (χ1v) is 12.6. The van der Waals surface area contributed by atoms with E-state index in [1.165, 1.54) is 35.8 Å². The van der Waals surface area contributed by atoms with Gasteiger partial charge in [0, 0.05) is 18.3 Å². The third-order valence-corrected chi connectivity index (χ3v) is 7.59. The maximum absolute atomic E-state index is 13.2. The Kier molecular flexibility index (Phi) is 6.99. The van der Waals surface area contributed by atoms with Crippen molar-refractivity contribution in [2.45, 2.75) is 50.2 Å². The molecule has 0 radical (unpaired) electrons. The number of aromatic nitrogens is 2. The molecule has 3 aromatic rings. The number of fused-ring (bicyclic) bond motifs is 1. The van der Waals surface area contributed by atoms with Gasteiger partial charge in [-0.1, -0.05) is 25.8 Å². The van der Waals surface area contributed by atoms with Gasteiger partial charge in [0.1, 0.15) is 22.9 Å². The number of ether oxygens (including phenoxy) is 2. The Morgan fingerprint density at radius 1 is 1.18 bits per heavy atom. The maximum atomic E-state index is 13.2. The van der Waals surface area contributed by atoms with Crippen LogP contribution in [0.1, 0.15) is 48.7 Å². The number of esters is 1. The van der Waals surface area contributed by atoms with Crippen LogP contribution in [0.4, 0.5) is 0 Å². The van der Waals surface area contributed by atoms with Crippen LogP contribution in [-0.2, 0) is 21.4 Å². The SMILES string of the molecule is COc1ccc(C(=O)OCc2cc(=O)n3ccccc3n2)cc1S(=O)(=O)NC1CCCCC1C. The number of nitrogens with one attached hydrogen (secondary N) is 1. The maximum Gasteiger partial charge on any atom is 0.338 e. The topological polar surface area (TPSA) is 116 Å². The van der Waals surface area contributed by atoms with Gasteiger partial charge >= 0.3 is 5.97 Å². The summed E-state index contributed by atoms with van der Waals surface area (Å²) >= 11 is 0. The predicted octanol–water partition coefficient (Wildman–Crippen LogP) is 2.92. The number of hydrogen-bond donors (Lipinski definition) is 1. The molecule has 1 aromatic carbocycles. The Labute approximate surface area is 197 Å². The molecule has 2 atom stereocenters. The second-order valence-electron chi connectivity index (χ2n) is 8.45. The molecule has 0 amide bonds. The Hall–Kier alpha value is -3.24.